The number of aromatic amines is 1. The summed E-state index contributed by atoms with van der Waals surface area (Å²) in [5.74, 6) is -6.81. The van der Waals surface area contributed by atoms with Crippen LogP contribution in [-0.2, 0) is 35.2 Å². The number of carboxylic acid groups (broad SMARTS) is 3. The molecule has 0 aliphatic heterocycles. The van der Waals surface area contributed by atoms with Gasteiger partial charge in [-0.25, -0.2) is 9.78 Å². The molecule has 1 aromatic heterocycles. The fraction of sp³-hybridized carbons (Fsp3) is 0.571. The molecule has 9 N–H and O–H groups in total. The van der Waals surface area contributed by atoms with E-state index in [1.807, 2.05) is 0 Å². The Morgan fingerprint density at radius 1 is 0.861 bits per heavy atom. The van der Waals surface area contributed by atoms with Gasteiger partial charge < -0.3 is 42.0 Å². The van der Waals surface area contributed by atoms with Gasteiger partial charge in [-0.2, -0.15) is 0 Å². The maximum absolute atomic E-state index is 12.9. The van der Waals surface area contributed by atoms with Crippen LogP contribution in [-0.4, -0.2) is 85.1 Å². The molecule has 4 atom stereocenters. The van der Waals surface area contributed by atoms with Crippen molar-refractivity contribution in [3.05, 3.63) is 18.2 Å². The Balaban J connectivity index is 3.04. The number of carbonyl (C=O) groups excluding carboxylic acids is 3. The van der Waals surface area contributed by atoms with E-state index < -0.39 is 79.1 Å². The summed E-state index contributed by atoms with van der Waals surface area (Å²) in [4.78, 5) is 78.3. The van der Waals surface area contributed by atoms with Crippen LogP contribution in [0.4, 0.5) is 0 Å². The minimum absolute atomic E-state index is 0.162. The first kappa shape index (κ1) is 30.0. The number of amides is 3. The lowest BCUT2D eigenvalue weighted by Crippen LogP contribution is -2.57. The van der Waals surface area contributed by atoms with Gasteiger partial charge in [-0.1, -0.05) is 13.8 Å². The van der Waals surface area contributed by atoms with E-state index in [-0.39, 0.29) is 18.8 Å². The summed E-state index contributed by atoms with van der Waals surface area (Å²) < 4.78 is 0. The molecule has 15 heteroatoms. The van der Waals surface area contributed by atoms with Gasteiger partial charge in [0.2, 0.25) is 17.7 Å². The molecule has 0 bridgehead atoms. The zero-order valence-electron chi connectivity index (χ0n) is 19.9. The minimum Gasteiger partial charge on any atom is -0.481 e. The minimum atomic E-state index is -1.49. The summed E-state index contributed by atoms with van der Waals surface area (Å²) in [5, 5.41) is 34.4. The quantitative estimate of drug-likeness (QED) is 0.123. The first-order chi connectivity index (χ1) is 16.8. The van der Waals surface area contributed by atoms with Crippen molar-refractivity contribution in [3.8, 4) is 0 Å². The summed E-state index contributed by atoms with van der Waals surface area (Å²) >= 11 is 0. The fourth-order valence-electron chi connectivity index (χ4n) is 3.00. The van der Waals surface area contributed by atoms with E-state index in [9.17, 15) is 33.9 Å². The highest BCUT2D eigenvalue weighted by Crippen LogP contribution is 2.07. The van der Waals surface area contributed by atoms with E-state index in [0.29, 0.717) is 5.69 Å². The van der Waals surface area contributed by atoms with Gasteiger partial charge in [-0.3, -0.25) is 24.0 Å². The van der Waals surface area contributed by atoms with Gasteiger partial charge in [0.1, 0.15) is 18.1 Å². The first-order valence-electron chi connectivity index (χ1n) is 11.1. The third kappa shape index (κ3) is 10.5. The molecule has 0 fully saturated rings. The number of nitrogens with one attached hydrogen (secondary N) is 4. The van der Waals surface area contributed by atoms with E-state index in [0.717, 1.165) is 0 Å². The van der Waals surface area contributed by atoms with Gasteiger partial charge in [0.25, 0.3) is 0 Å². The van der Waals surface area contributed by atoms with Crippen LogP contribution in [0, 0.1) is 5.92 Å². The van der Waals surface area contributed by atoms with E-state index >= 15 is 0 Å². The molecule has 3 amide bonds. The number of rotatable bonds is 16. The van der Waals surface area contributed by atoms with Crippen molar-refractivity contribution >= 4 is 35.6 Å². The maximum Gasteiger partial charge on any atom is 0.326 e. The average Bonchev–Trinajstić information content (AvgIpc) is 3.30. The third-order valence-corrected chi connectivity index (χ3v) is 5.17. The monoisotopic (exact) mass is 512 g/mol. The predicted molar refractivity (Wildman–Crippen MR) is 122 cm³/mol. The molecule has 0 aliphatic carbocycles. The molecule has 200 valence electrons. The molecular weight excluding hydrogens is 480 g/mol. The summed E-state index contributed by atoms with van der Waals surface area (Å²) in [6.07, 6.45) is 0.766. The number of carbonyl (C=O) groups is 6. The lowest BCUT2D eigenvalue weighted by Gasteiger charge is -2.25. The molecule has 0 aliphatic rings. The summed E-state index contributed by atoms with van der Waals surface area (Å²) in [5.41, 5.74) is 6.19. The van der Waals surface area contributed by atoms with Crippen molar-refractivity contribution in [1.29, 1.82) is 0 Å². The Bertz CT molecular complexity index is 934. The van der Waals surface area contributed by atoms with Crippen molar-refractivity contribution in [2.45, 2.75) is 70.1 Å². The lowest BCUT2D eigenvalue weighted by molar-refractivity contribution is -0.143. The van der Waals surface area contributed by atoms with Crippen LogP contribution in [0.5, 0.6) is 0 Å². The van der Waals surface area contributed by atoms with E-state index in [4.69, 9.17) is 15.9 Å². The van der Waals surface area contributed by atoms with Gasteiger partial charge in [-0.05, 0) is 18.8 Å². The number of carboxylic acids is 3. The Morgan fingerprint density at radius 2 is 1.33 bits per heavy atom. The molecule has 36 heavy (non-hydrogen) atoms. The van der Waals surface area contributed by atoms with Gasteiger partial charge in [0.05, 0.1) is 12.4 Å². The highest BCUT2D eigenvalue weighted by atomic mass is 16.4. The normalized spacial score (nSPS) is 14.2. The Hall–Kier alpha value is -4.01. The van der Waals surface area contributed by atoms with Crippen molar-refractivity contribution < 1.29 is 44.1 Å². The van der Waals surface area contributed by atoms with Crippen molar-refractivity contribution in [2.24, 2.45) is 11.7 Å². The number of nitrogens with two attached hydrogens (primary N) is 1. The van der Waals surface area contributed by atoms with Crippen molar-refractivity contribution in [1.82, 2.24) is 25.9 Å². The van der Waals surface area contributed by atoms with Crippen molar-refractivity contribution in [3.63, 3.8) is 0 Å². The van der Waals surface area contributed by atoms with Crippen molar-refractivity contribution in [2.75, 3.05) is 0 Å². The SMILES string of the molecule is CC(C)C(N)C(=O)NC(CCC(=O)O)C(=O)NC(CCC(=O)O)C(=O)NC(Cc1cnc[nH]1)C(=O)O. The molecular formula is C21H32N6O9. The third-order valence-electron chi connectivity index (χ3n) is 5.17. The predicted octanol–water partition coefficient (Wildman–Crippen LogP) is -1.80. The molecule has 0 radical (unpaired) electrons. The second kappa shape index (κ2) is 14.4. The van der Waals surface area contributed by atoms with Gasteiger partial charge in [-0.15, -0.1) is 0 Å². The second-order valence-electron chi connectivity index (χ2n) is 8.44. The second-order valence-corrected chi connectivity index (χ2v) is 8.44. The number of imidazole rings is 1. The highest BCUT2D eigenvalue weighted by Gasteiger charge is 2.31. The first-order valence-corrected chi connectivity index (χ1v) is 11.1. The average molecular weight is 513 g/mol. The number of hydrogen-bond acceptors (Lipinski definition) is 8. The molecule has 0 saturated heterocycles. The topological polar surface area (TPSA) is 254 Å². The van der Waals surface area contributed by atoms with E-state index in [2.05, 4.69) is 25.9 Å². The maximum atomic E-state index is 12.9. The molecule has 4 unspecified atom stereocenters. The smallest absolute Gasteiger partial charge is 0.326 e. The molecule has 1 aromatic rings. The van der Waals surface area contributed by atoms with Crippen LogP contribution in [0.2, 0.25) is 0 Å². The van der Waals surface area contributed by atoms with Crippen LogP contribution in [0.25, 0.3) is 0 Å². The molecule has 0 saturated carbocycles. The summed E-state index contributed by atoms with van der Waals surface area (Å²) in [7, 11) is 0. The number of nitrogens with zero attached hydrogens (tertiary/aromatic N) is 1. The zero-order chi connectivity index (χ0) is 27.4. The van der Waals surface area contributed by atoms with Crippen LogP contribution >= 0.6 is 0 Å². The number of aliphatic carboxylic acids is 3. The Morgan fingerprint density at radius 3 is 1.72 bits per heavy atom. The van der Waals surface area contributed by atoms with Crippen LogP contribution in [0.15, 0.2) is 12.5 Å². The van der Waals surface area contributed by atoms with Gasteiger partial charge in [0, 0.05) is 31.2 Å². The standard InChI is InChI=1S/C21H32N6O9/c1-10(2)17(22)20(34)26-13(4-6-16(30)31)18(32)25-12(3-5-15(28)29)19(33)27-14(21(35)36)7-11-8-23-9-24-11/h8-10,12-14,17H,3-7,22H2,1-2H3,(H,23,24)(H,25,32)(H,26,34)(H,27,33)(H,28,29)(H,30,31)(H,35,36). The van der Waals surface area contributed by atoms with Crippen LogP contribution in [0.3, 0.4) is 0 Å². The van der Waals surface area contributed by atoms with Gasteiger partial charge >= 0.3 is 17.9 Å². The Labute approximate surface area is 206 Å². The summed E-state index contributed by atoms with van der Waals surface area (Å²) in [6.45, 7) is 3.34. The fourth-order valence-corrected chi connectivity index (χ4v) is 3.00. The zero-order valence-corrected chi connectivity index (χ0v) is 19.9. The molecule has 1 rings (SSSR count). The number of hydrogen-bond donors (Lipinski definition) is 8. The van der Waals surface area contributed by atoms with E-state index in [1.165, 1.54) is 12.5 Å². The molecule has 15 nitrogen and oxygen atoms in total. The number of aromatic nitrogens is 2. The van der Waals surface area contributed by atoms with E-state index in [1.54, 1.807) is 13.8 Å². The largest absolute Gasteiger partial charge is 0.481 e. The highest BCUT2D eigenvalue weighted by molar-refractivity contribution is 5.94. The van der Waals surface area contributed by atoms with Crippen LogP contribution < -0.4 is 21.7 Å². The van der Waals surface area contributed by atoms with Crippen LogP contribution in [0.1, 0.15) is 45.2 Å². The molecule has 0 aromatic carbocycles. The molecule has 1 heterocycles. The van der Waals surface area contributed by atoms with Gasteiger partial charge in [0.15, 0.2) is 0 Å². The lowest BCUT2D eigenvalue weighted by atomic mass is 10.0. The Kier molecular flexibility index (Phi) is 12.0. The summed E-state index contributed by atoms with van der Waals surface area (Å²) in [6, 6.07) is -5.29. The number of H-pyrrole nitrogens is 1. The molecule has 0 spiro atoms.